The van der Waals surface area contributed by atoms with Crippen molar-refractivity contribution in [2.75, 3.05) is 25.5 Å². The van der Waals surface area contributed by atoms with Crippen molar-refractivity contribution in [3.8, 4) is 5.75 Å². The number of guanidine groups is 1. The van der Waals surface area contributed by atoms with Gasteiger partial charge in [0.1, 0.15) is 5.75 Å². The third-order valence-corrected chi connectivity index (χ3v) is 4.76. The number of aliphatic imine (C=N–C) groups is 1. The van der Waals surface area contributed by atoms with Crippen LogP contribution in [0.4, 0.5) is 5.69 Å². The highest BCUT2D eigenvalue weighted by Gasteiger charge is 2.16. The molecule has 0 spiro atoms. The SMILES string of the molecule is COc1cccc(NC(N)=NCc2ccc(CN3CCC(O)CC3)cc2)c1.I. The molecule has 1 saturated heterocycles. The molecule has 1 fully saturated rings. The quantitative estimate of drug-likeness (QED) is 0.325. The van der Waals surface area contributed by atoms with Crippen molar-refractivity contribution in [3.63, 3.8) is 0 Å². The highest BCUT2D eigenvalue weighted by atomic mass is 127. The number of likely N-dealkylation sites (tertiary alicyclic amines) is 1. The molecule has 1 aliphatic rings. The van der Waals surface area contributed by atoms with Crippen molar-refractivity contribution >= 4 is 35.6 Å². The maximum atomic E-state index is 9.59. The number of anilines is 1. The summed E-state index contributed by atoms with van der Waals surface area (Å²) < 4.78 is 5.20. The largest absolute Gasteiger partial charge is 0.497 e. The molecule has 1 aliphatic heterocycles. The van der Waals surface area contributed by atoms with E-state index in [-0.39, 0.29) is 30.1 Å². The minimum absolute atomic E-state index is 0. The molecule has 7 heteroatoms. The number of benzene rings is 2. The van der Waals surface area contributed by atoms with E-state index in [1.807, 2.05) is 24.3 Å². The molecule has 0 saturated carbocycles. The Morgan fingerprint density at radius 1 is 1.18 bits per heavy atom. The maximum absolute atomic E-state index is 9.59. The van der Waals surface area contributed by atoms with Crippen LogP contribution in [-0.2, 0) is 13.1 Å². The van der Waals surface area contributed by atoms with E-state index in [0.717, 1.165) is 49.5 Å². The number of aliphatic hydroxyl groups excluding tert-OH is 1. The van der Waals surface area contributed by atoms with Crippen molar-refractivity contribution in [3.05, 3.63) is 59.7 Å². The van der Waals surface area contributed by atoms with E-state index < -0.39 is 0 Å². The molecule has 3 rings (SSSR count). The summed E-state index contributed by atoms with van der Waals surface area (Å²) in [6.45, 7) is 3.37. The van der Waals surface area contributed by atoms with Gasteiger partial charge in [-0.15, -0.1) is 24.0 Å². The monoisotopic (exact) mass is 496 g/mol. The van der Waals surface area contributed by atoms with Gasteiger partial charge in [-0.05, 0) is 36.1 Å². The third-order valence-electron chi connectivity index (χ3n) is 4.76. The van der Waals surface area contributed by atoms with Crippen LogP contribution < -0.4 is 15.8 Å². The number of nitrogens with zero attached hydrogens (tertiary/aromatic N) is 2. The number of aliphatic hydroxyl groups is 1. The molecule has 2 aromatic carbocycles. The van der Waals surface area contributed by atoms with Gasteiger partial charge in [0.25, 0.3) is 0 Å². The predicted octanol–water partition coefficient (Wildman–Crippen LogP) is 3.20. The Morgan fingerprint density at radius 3 is 2.54 bits per heavy atom. The summed E-state index contributed by atoms with van der Waals surface area (Å²) >= 11 is 0. The van der Waals surface area contributed by atoms with Gasteiger partial charge in [-0.25, -0.2) is 4.99 Å². The normalized spacial score (nSPS) is 15.7. The van der Waals surface area contributed by atoms with Gasteiger partial charge >= 0.3 is 0 Å². The highest BCUT2D eigenvalue weighted by molar-refractivity contribution is 14.0. The molecule has 0 aromatic heterocycles. The molecule has 1 heterocycles. The lowest BCUT2D eigenvalue weighted by molar-refractivity contribution is 0.0792. The van der Waals surface area contributed by atoms with Gasteiger partial charge < -0.3 is 20.9 Å². The van der Waals surface area contributed by atoms with E-state index in [4.69, 9.17) is 10.5 Å². The lowest BCUT2D eigenvalue weighted by Gasteiger charge is -2.29. The summed E-state index contributed by atoms with van der Waals surface area (Å²) in [5.41, 5.74) is 9.22. The average Bonchev–Trinajstić information content (AvgIpc) is 2.69. The molecule has 6 nitrogen and oxygen atoms in total. The van der Waals surface area contributed by atoms with Crippen LogP contribution >= 0.6 is 24.0 Å². The molecule has 2 aromatic rings. The summed E-state index contributed by atoms with van der Waals surface area (Å²) in [6, 6.07) is 16.0. The summed E-state index contributed by atoms with van der Waals surface area (Å²) in [4.78, 5) is 6.79. The van der Waals surface area contributed by atoms with Crippen LogP contribution in [0.2, 0.25) is 0 Å². The zero-order valence-corrected chi connectivity index (χ0v) is 18.5. The van der Waals surface area contributed by atoms with Crippen LogP contribution in [0.15, 0.2) is 53.5 Å². The van der Waals surface area contributed by atoms with Crippen LogP contribution in [0, 0.1) is 0 Å². The van der Waals surface area contributed by atoms with Gasteiger partial charge in [0.05, 0.1) is 19.8 Å². The molecule has 0 unspecified atom stereocenters. The fourth-order valence-electron chi connectivity index (χ4n) is 3.15. The second-order valence-electron chi connectivity index (χ2n) is 6.88. The van der Waals surface area contributed by atoms with Crippen LogP contribution in [0.1, 0.15) is 24.0 Å². The zero-order valence-electron chi connectivity index (χ0n) is 16.2. The Bertz CT molecular complexity index is 759. The summed E-state index contributed by atoms with van der Waals surface area (Å²) in [7, 11) is 1.63. The van der Waals surface area contributed by atoms with Crippen LogP contribution in [-0.4, -0.2) is 42.3 Å². The average molecular weight is 496 g/mol. The predicted molar refractivity (Wildman–Crippen MR) is 124 cm³/mol. The lowest BCUT2D eigenvalue weighted by Crippen LogP contribution is -2.35. The van der Waals surface area contributed by atoms with E-state index in [0.29, 0.717) is 12.5 Å². The van der Waals surface area contributed by atoms with Crippen LogP contribution in [0.5, 0.6) is 5.75 Å². The molecule has 0 radical (unpaired) electrons. The lowest BCUT2D eigenvalue weighted by atomic mass is 10.1. The smallest absolute Gasteiger partial charge is 0.193 e. The first kappa shape index (κ1) is 22.4. The fraction of sp³-hybridized carbons (Fsp3) is 0.381. The number of nitrogens with one attached hydrogen (secondary N) is 1. The van der Waals surface area contributed by atoms with E-state index >= 15 is 0 Å². The second kappa shape index (κ2) is 11.2. The molecule has 0 amide bonds. The highest BCUT2D eigenvalue weighted by Crippen LogP contribution is 2.17. The first-order valence-electron chi connectivity index (χ1n) is 9.31. The molecule has 0 bridgehead atoms. The van der Waals surface area contributed by atoms with Crippen molar-refractivity contribution in [1.29, 1.82) is 0 Å². The number of rotatable bonds is 6. The van der Waals surface area contributed by atoms with Gasteiger partial charge in [0.15, 0.2) is 5.96 Å². The Morgan fingerprint density at radius 2 is 1.86 bits per heavy atom. The summed E-state index contributed by atoms with van der Waals surface area (Å²) in [5, 5.41) is 12.7. The molecule has 0 atom stereocenters. The Balaban J connectivity index is 0.00000280. The molecule has 0 aliphatic carbocycles. The Hall–Kier alpha value is -1.84. The first-order valence-corrected chi connectivity index (χ1v) is 9.31. The van der Waals surface area contributed by atoms with Gasteiger partial charge in [0.2, 0.25) is 0 Å². The fourth-order valence-corrected chi connectivity index (χ4v) is 3.15. The third kappa shape index (κ3) is 6.96. The number of methoxy groups -OCH3 is 1. The number of piperidine rings is 1. The van der Waals surface area contributed by atoms with Crippen molar-refractivity contribution in [2.45, 2.75) is 32.0 Å². The van der Waals surface area contributed by atoms with E-state index in [1.54, 1.807) is 7.11 Å². The number of halogens is 1. The maximum Gasteiger partial charge on any atom is 0.193 e. The van der Waals surface area contributed by atoms with Crippen LogP contribution in [0.25, 0.3) is 0 Å². The van der Waals surface area contributed by atoms with E-state index in [1.165, 1.54) is 5.56 Å². The number of hydrogen-bond acceptors (Lipinski definition) is 4. The molecular weight excluding hydrogens is 467 g/mol. The van der Waals surface area contributed by atoms with Crippen molar-refractivity contribution in [2.24, 2.45) is 10.7 Å². The minimum Gasteiger partial charge on any atom is -0.497 e. The zero-order chi connectivity index (χ0) is 19.1. The first-order chi connectivity index (χ1) is 13.1. The van der Waals surface area contributed by atoms with Gasteiger partial charge in [-0.1, -0.05) is 30.3 Å². The summed E-state index contributed by atoms with van der Waals surface area (Å²) in [6.07, 6.45) is 1.61. The topological polar surface area (TPSA) is 83.1 Å². The number of nitrogens with two attached hydrogens (primary N) is 1. The van der Waals surface area contributed by atoms with Gasteiger partial charge in [-0.2, -0.15) is 0 Å². The van der Waals surface area contributed by atoms with Gasteiger partial charge in [-0.3, -0.25) is 4.90 Å². The molecule has 152 valence electrons. The van der Waals surface area contributed by atoms with E-state index in [9.17, 15) is 5.11 Å². The van der Waals surface area contributed by atoms with Gasteiger partial charge in [0, 0.05) is 31.4 Å². The summed E-state index contributed by atoms with van der Waals surface area (Å²) in [5.74, 6) is 1.14. The minimum atomic E-state index is -0.127. The van der Waals surface area contributed by atoms with E-state index in [2.05, 4.69) is 39.5 Å². The van der Waals surface area contributed by atoms with Crippen LogP contribution in [0.3, 0.4) is 0 Å². The second-order valence-corrected chi connectivity index (χ2v) is 6.88. The number of hydrogen-bond donors (Lipinski definition) is 3. The molecular formula is C21H29IN4O2. The molecule has 28 heavy (non-hydrogen) atoms. The Labute approximate surface area is 183 Å². The Kier molecular flexibility index (Phi) is 9.01. The standard InChI is InChI=1S/C21H28N4O2.HI/c1-27-20-4-2-3-18(13-20)24-21(22)23-14-16-5-7-17(8-6-16)15-25-11-9-19(26)10-12-25;/h2-8,13,19,26H,9-12,14-15H2,1H3,(H3,22,23,24);1H. The van der Waals surface area contributed by atoms with Crippen molar-refractivity contribution in [1.82, 2.24) is 4.90 Å². The number of ether oxygens (including phenoxy) is 1. The van der Waals surface area contributed by atoms with Crippen molar-refractivity contribution < 1.29 is 9.84 Å². The molecule has 4 N–H and O–H groups in total.